The van der Waals surface area contributed by atoms with Gasteiger partial charge in [0.1, 0.15) is 0 Å². The first kappa shape index (κ1) is 12.0. The van der Waals surface area contributed by atoms with Gasteiger partial charge in [-0.05, 0) is 5.56 Å². The molecule has 0 spiro atoms. The van der Waals surface area contributed by atoms with Crippen LogP contribution in [-0.4, -0.2) is 19.0 Å². The van der Waals surface area contributed by atoms with Crippen LogP contribution < -0.4 is 5.32 Å². The molecule has 0 aliphatic carbocycles. The van der Waals surface area contributed by atoms with Gasteiger partial charge in [0.15, 0.2) is 0 Å². The van der Waals surface area contributed by atoms with Crippen molar-refractivity contribution in [2.24, 2.45) is 0 Å². The summed E-state index contributed by atoms with van der Waals surface area (Å²) in [5.41, 5.74) is 1.18. The summed E-state index contributed by atoms with van der Waals surface area (Å²) in [4.78, 5) is 22.1. The minimum absolute atomic E-state index is 0.237. The molecule has 0 fully saturated rings. The number of hydrogen-bond acceptors (Lipinski definition) is 3. The van der Waals surface area contributed by atoms with Gasteiger partial charge in [-0.2, -0.15) is 0 Å². The van der Waals surface area contributed by atoms with Gasteiger partial charge in [0.2, 0.25) is 5.91 Å². The number of hydrogen-bond donors (Lipinski definition) is 1. The predicted molar refractivity (Wildman–Crippen MR) is 60.3 cm³/mol. The number of amides is 1. The molecule has 1 rings (SSSR count). The molecule has 4 nitrogen and oxygen atoms in total. The maximum Gasteiger partial charge on any atom is 0.332 e. The molecule has 4 heteroatoms. The van der Waals surface area contributed by atoms with Crippen molar-refractivity contribution in [2.75, 3.05) is 7.11 Å². The van der Waals surface area contributed by atoms with Gasteiger partial charge < -0.3 is 10.1 Å². The van der Waals surface area contributed by atoms with Gasteiger partial charge in [0.05, 0.1) is 12.8 Å². The minimum atomic E-state index is -0.507. The molecule has 0 aliphatic rings. The fraction of sp³-hybridized carbons (Fsp3) is 0.167. The van der Waals surface area contributed by atoms with Crippen LogP contribution in [0, 0.1) is 0 Å². The average molecular weight is 219 g/mol. The Morgan fingerprint density at radius 1 is 1.25 bits per heavy atom. The Morgan fingerprint density at radius 2 is 1.88 bits per heavy atom. The maximum atomic E-state index is 11.1. The summed E-state index contributed by atoms with van der Waals surface area (Å²) in [7, 11) is 1.29. The number of nitrogens with one attached hydrogen (secondary N) is 1. The second-order valence-corrected chi connectivity index (χ2v) is 3.13. The van der Waals surface area contributed by atoms with E-state index in [2.05, 4.69) is 10.1 Å². The highest BCUT2D eigenvalue weighted by Gasteiger charge is 2.05. The third-order valence-corrected chi connectivity index (χ3v) is 1.86. The van der Waals surface area contributed by atoms with Crippen molar-refractivity contribution in [3.05, 3.63) is 42.0 Å². The maximum absolute atomic E-state index is 11.1. The van der Waals surface area contributed by atoms with E-state index in [0.717, 1.165) is 5.56 Å². The predicted octanol–water partition coefficient (Wildman–Crippen LogP) is 1.34. The van der Waals surface area contributed by atoms with E-state index in [-0.39, 0.29) is 5.91 Å². The van der Waals surface area contributed by atoms with E-state index in [1.807, 2.05) is 18.2 Å². The lowest BCUT2D eigenvalue weighted by Crippen LogP contribution is -2.19. The Kier molecular flexibility index (Phi) is 4.27. The Hall–Kier alpha value is -2.10. The van der Waals surface area contributed by atoms with Crippen LogP contribution in [-0.2, 0) is 14.3 Å². The average Bonchev–Trinajstić information content (AvgIpc) is 2.28. The van der Waals surface area contributed by atoms with E-state index in [9.17, 15) is 9.59 Å². The van der Waals surface area contributed by atoms with Crippen LogP contribution in [0.15, 0.2) is 36.4 Å². The van der Waals surface area contributed by atoms with Crippen LogP contribution in [0.3, 0.4) is 0 Å². The van der Waals surface area contributed by atoms with Crippen molar-refractivity contribution in [1.29, 1.82) is 0 Å². The highest BCUT2D eigenvalue weighted by atomic mass is 16.5. The molecule has 0 aliphatic heterocycles. The number of carbonyl (C=O) groups excluding carboxylic acids is 2. The van der Waals surface area contributed by atoms with Crippen molar-refractivity contribution in [1.82, 2.24) is 5.32 Å². The molecule has 1 N–H and O–H groups in total. The second kappa shape index (κ2) is 5.70. The second-order valence-electron chi connectivity index (χ2n) is 3.13. The fourth-order valence-corrected chi connectivity index (χ4v) is 1.18. The molecule has 0 saturated carbocycles. The molecule has 0 unspecified atom stereocenters. The van der Waals surface area contributed by atoms with Gasteiger partial charge in [-0.3, -0.25) is 4.79 Å². The number of ether oxygens (including phenoxy) is 1. The summed E-state index contributed by atoms with van der Waals surface area (Å²) in [6.45, 7) is 1.38. The van der Waals surface area contributed by atoms with Crippen molar-refractivity contribution < 1.29 is 14.3 Å². The highest BCUT2D eigenvalue weighted by Crippen LogP contribution is 2.10. The topological polar surface area (TPSA) is 55.4 Å². The molecule has 84 valence electrons. The van der Waals surface area contributed by atoms with E-state index in [0.29, 0.717) is 5.70 Å². The Morgan fingerprint density at radius 3 is 2.38 bits per heavy atom. The van der Waals surface area contributed by atoms with E-state index in [1.165, 1.54) is 20.1 Å². The molecule has 1 aromatic rings. The quantitative estimate of drug-likeness (QED) is 0.616. The van der Waals surface area contributed by atoms with Crippen LogP contribution in [0.2, 0.25) is 0 Å². The van der Waals surface area contributed by atoms with Gasteiger partial charge in [-0.25, -0.2) is 4.79 Å². The van der Waals surface area contributed by atoms with Crippen molar-refractivity contribution in [3.8, 4) is 0 Å². The zero-order chi connectivity index (χ0) is 12.0. The lowest BCUT2D eigenvalue weighted by molar-refractivity contribution is -0.134. The monoisotopic (exact) mass is 219 g/mol. The minimum Gasteiger partial charge on any atom is -0.466 e. The summed E-state index contributed by atoms with van der Waals surface area (Å²) >= 11 is 0. The lowest BCUT2D eigenvalue weighted by Gasteiger charge is -2.07. The van der Waals surface area contributed by atoms with Crippen LogP contribution in [0.25, 0.3) is 5.70 Å². The molecule has 1 amide bonds. The lowest BCUT2D eigenvalue weighted by atomic mass is 10.1. The van der Waals surface area contributed by atoms with E-state index < -0.39 is 5.97 Å². The number of methoxy groups -OCH3 is 1. The Labute approximate surface area is 93.9 Å². The molecule has 0 radical (unpaired) electrons. The van der Waals surface area contributed by atoms with Gasteiger partial charge in [0, 0.05) is 13.0 Å². The molecular formula is C12H13NO3. The van der Waals surface area contributed by atoms with E-state index >= 15 is 0 Å². The smallest absolute Gasteiger partial charge is 0.332 e. The SMILES string of the molecule is COC(=O)/C=C(/NC(C)=O)c1ccccc1. The molecule has 0 aromatic heterocycles. The molecule has 16 heavy (non-hydrogen) atoms. The number of carbonyl (C=O) groups is 2. The first-order valence-electron chi connectivity index (χ1n) is 4.76. The number of benzene rings is 1. The number of esters is 1. The van der Waals surface area contributed by atoms with Gasteiger partial charge in [-0.15, -0.1) is 0 Å². The standard InChI is InChI=1S/C12H13NO3/c1-9(14)13-11(8-12(15)16-2)10-6-4-3-5-7-10/h3-8H,1-2H3,(H,13,14)/b11-8+. The highest BCUT2D eigenvalue weighted by molar-refractivity contribution is 5.95. The summed E-state index contributed by atoms with van der Waals surface area (Å²) in [5.74, 6) is -0.744. The summed E-state index contributed by atoms with van der Waals surface area (Å²) in [5, 5.41) is 2.58. The fourth-order valence-electron chi connectivity index (χ4n) is 1.18. The third-order valence-electron chi connectivity index (χ3n) is 1.86. The Bertz CT molecular complexity index is 410. The van der Waals surface area contributed by atoms with E-state index in [4.69, 9.17) is 0 Å². The van der Waals surface area contributed by atoms with Crippen LogP contribution in [0.1, 0.15) is 12.5 Å². The van der Waals surface area contributed by atoms with Gasteiger partial charge in [-0.1, -0.05) is 30.3 Å². The summed E-state index contributed by atoms with van der Waals surface area (Å²) in [6.07, 6.45) is 1.25. The van der Waals surface area contributed by atoms with Crippen LogP contribution in [0.5, 0.6) is 0 Å². The van der Waals surface area contributed by atoms with Crippen molar-refractivity contribution in [3.63, 3.8) is 0 Å². The third kappa shape index (κ3) is 3.57. The van der Waals surface area contributed by atoms with Gasteiger partial charge >= 0.3 is 5.97 Å². The molecule has 0 heterocycles. The molecule has 0 atom stereocenters. The zero-order valence-electron chi connectivity index (χ0n) is 9.19. The van der Waals surface area contributed by atoms with Crippen molar-refractivity contribution >= 4 is 17.6 Å². The van der Waals surface area contributed by atoms with Crippen molar-refractivity contribution in [2.45, 2.75) is 6.92 Å². The van der Waals surface area contributed by atoms with Crippen LogP contribution >= 0.6 is 0 Å². The zero-order valence-corrected chi connectivity index (χ0v) is 9.19. The van der Waals surface area contributed by atoms with Gasteiger partial charge in [0.25, 0.3) is 0 Å². The molecular weight excluding hydrogens is 206 g/mol. The summed E-state index contributed by atoms with van der Waals surface area (Å²) in [6, 6.07) is 9.09. The first-order chi connectivity index (χ1) is 7.63. The molecule has 0 bridgehead atoms. The normalized spacial score (nSPS) is 10.8. The van der Waals surface area contributed by atoms with E-state index in [1.54, 1.807) is 12.1 Å². The van der Waals surface area contributed by atoms with Crippen LogP contribution in [0.4, 0.5) is 0 Å². The largest absolute Gasteiger partial charge is 0.466 e. The Balaban J connectivity index is 3.01. The first-order valence-corrected chi connectivity index (χ1v) is 4.76. The molecule has 0 saturated heterocycles. The summed E-state index contributed by atoms with van der Waals surface area (Å²) < 4.78 is 4.52. The number of rotatable bonds is 3. The molecule has 1 aromatic carbocycles.